The fraction of sp³-hybridized carbons (Fsp3) is 1.00. The van der Waals surface area contributed by atoms with Crippen molar-refractivity contribution in [2.24, 2.45) is 11.7 Å². The van der Waals surface area contributed by atoms with Crippen molar-refractivity contribution in [3.63, 3.8) is 0 Å². The fourth-order valence-electron chi connectivity index (χ4n) is 2.85. The van der Waals surface area contributed by atoms with E-state index in [0.29, 0.717) is 0 Å². The summed E-state index contributed by atoms with van der Waals surface area (Å²) in [4.78, 5) is 2.63. The Morgan fingerprint density at radius 3 is 2.06 bits per heavy atom. The molecule has 0 aliphatic heterocycles. The highest BCUT2D eigenvalue weighted by Crippen LogP contribution is 2.35. The van der Waals surface area contributed by atoms with Crippen LogP contribution in [0, 0.1) is 5.92 Å². The minimum absolute atomic E-state index is 0.247. The minimum Gasteiger partial charge on any atom is -0.329 e. The van der Waals surface area contributed by atoms with Crippen LogP contribution in [0.2, 0.25) is 0 Å². The summed E-state index contributed by atoms with van der Waals surface area (Å²) in [5.41, 5.74) is 6.30. The molecule has 1 saturated carbocycles. The van der Waals surface area contributed by atoms with Gasteiger partial charge in [-0.15, -0.1) is 0 Å². The predicted octanol–water partition coefficient (Wildman–Crippen LogP) is 3.02. The highest BCUT2D eigenvalue weighted by atomic mass is 15.2. The molecule has 0 aromatic rings. The maximum Gasteiger partial charge on any atom is 0.0306 e. The molecule has 2 N–H and O–H groups in total. The van der Waals surface area contributed by atoms with Crippen LogP contribution in [0.5, 0.6) is 0 Å². The summed E-state index contributed by atoms with van der Waals surface area (Å²) in [6, 6.07) is 0. The summed E-state index contributed by atoms with van der Waals surface area (Å²) in [5.74, 6) is 0.949. The third kappa shape index (κ3) is 3.46. The molecular formula is C14H30N2. The van der Waals surface area contributed by atoms with Gasteiger partial charge in [0.15, 0.2) is 0 Å². The summed E-state index contributed by atoms with van der Waals surface area (Å²) in [6.07, 6.45) is 8.08. The maximum absolute atomic E-state index is 6.05. The van der Waals surface area contributed by atoms with E-state index in [1.54, 1.807) is 0 Å². The molecule has 1 aliphatic carbocycles. The minimum atomic E-state index is 0.247. The van der Waals surface area contributed by atoms with Crippen molar-refractivity contribution in [1.82, 2.24) is 4.90 Å². The second kappa shape index (κ2) is 6.61. The van der Waals surface area contributed by atoms with Gasteiger partial charge in [-0.25, -0.2) is 0 Å². The number of nitrogens with zero attached hydrogens (tertiary/aromatic N) is 1. The van der Waals surface area contributed by atoms with Gasteiger partial charge in [-0.3, -0.25) is 4.90 Å². The van der Waals surface area contributed by atoms with Crippen molar-refractivity contribution in [1.29, 1.82) is 0 Å². The van der Waals surface area contributed by atoms with Crippen LogP contribution in [0.4, 0.5) is 0 Å². The van der Waals surface area contributed by atoms with Crippen LogP contribution in [0.25, 0.3) is 0 Å². The standard InChI is InChI=1S/C14H30N2/c1-4-9-16(10-5-2)14(3,12-15)11-13-7-6-8-13/h13H,4-12,15H2,1-3H3. The van der Waals surface area contributed by atoms with Crippen molar-refractivity contribution in [2.75, 3.05) is 19.6 Å². The molecule has 1 aliphatic rings. The van der Waals surface area contributed by atoms with Crippen LogP contribution in [-0.4, -0.2) is 30.1 Å². The van der Waals surface area contributed by atoms with E-state index in [-0.39, 0.29) is 5.54 Å². The van der Waals surface area contributed by atoms with Crippen molar-refractivity contribution in [3.05, 3.63) is 0 Å². The first-order valence-electron chi connectivity index (χ1n) is 7.11. The molecule has 0 bridgehead atoms. The summed E-state index contributed by atoms with van der Waals surface area (Å²) >= 11 is 0. The second-order valence-electron chi connectivity index (χ2n) is 5.69. The van der Waals surface area contributed by atoms with Gasteiger partial charge in [-0.2, -0.15) is 0 Å². The van der Waals surface area contributed by atoms with Gasteiger partial charge in [0.2, 0.25) is 0 Å². The molecule has 1 fully saturated rings. The van der Waals surface area contributed by atoms with Crippen molar-refractivity contribution in [2.45, 2.75) is 64.8 Å². The molecule has 2 nitrogen and oxygen atoms in total. The Morgan fingerprint density at radius 1 is 1.19 bits per heavy atom. The van der Waals surface area contributed by atoms with Gasteiger partial charge in [-0.1, -0.05) is 33.1 Å². The Hall–Kier alpha value is -0.0800. The highest BCUT2D eigenvalue weighted by Gasteiger charge is 2.34. The van der Waals surface area contributed by atoms with E-state index in [2.05, 4.69) is 25.7 Å². The van der Waals surface area contributed by atoms with Crippen LogP contribution >= 0.6 is 0 Å². The molecule has 0 aromatic carbocycles. The monoisotopic (exact) mass is 226 g/mol. The molecule has 16 heavy (non-hydrogen) atoms. The average molecular weight is 226 g/mol. The second-order valence-corrected chi connectivity index (χ2v) is 5.69. The summed E-state index contributed by atoms with van der Waals surface area (Å²) in [6.45, 7) is 10.1. The lowest BCUT2D eigenvalue weighted by molar-refractivity contribution is 0.0676. The molecule has 96 valence electrons. The third-order valence-corrected chi connectivity index (χ3v) is 4.14. The molecule has 1 unspecified atom stereocenters. The number of hydrogen-bond acceptors (Lipinski definition) is 2. The zero-order valence-electron chi connectivity index (χ0n) is 11.5. The number of hydrogen-bond donors (Lipinski definition) is 1. The number of rotatable bonds is 8. The van der Waals surface area contributed by atoms with Crippen LogP contribution in [0.1, 0.15) is 59.3 Å². The fourth-order valence-corrected chi connectivity index (χ4v) is 2.85. The largest absolute Gasteiger partial charge is 0.329 e. The lowest BCUT2D eigenvalue weighted by Crippen LogP contribution is -2.53. The Morgan fingerprint density at radius 2 is 1.75 bits per heavy atom. The zero-order valence-corrected chi connectivity index (χ0v) is 11.5. The van der Waals surface area contributed by atoms with Gasteiger partial charge < -0.3 is 5.73 Å². The van der Waals surface area contributed by atoms with E-state index in [0.717, 1.165) is 12.5 Å². The molecule has 1 atom stereocenters. The quantitative estimate of drug-likeness (QED) is 0.689. The van der Waals surface area contributed by atoms with E-state index in [4.69, 9.17) is 5.73 Å². The Kier molecular flexibility index (Phi) is 5.77. The Labute approximate surface area is 102 Å². The first-order chi connectivity index (χ1) is 7.66. The van der Waals surface area contributed by atoms with Gasteiger partial charge in [-0.05, 0) is 45.2 Å². The smallest absolute Gasteiger partial charge is 0.0306 e. The summed E-state index contributed by atoms with van der Waals surface area (Å²) < 4.78 is 0. The van der Waals surface area contributed by atoms with Crippen molar-refractivity contribution >= 4 is 0 Å². The van der Waals surface area contributed by atoms with E-state index >= 15 is 0 Å². The molecule has 0 heterocycles. The van der Waals surface area contributed by atoms with Gasteiger partial charge in [0.1, 0.15) is 0 Å². The van der Waals surface area contributed by atoms with E-state index < -0.39 is 0 Å². The molecule has 0 aromatic heterocycles. The SMILES string of the molecule is CCCN(CCC)C(C)(CN)CC1CCC1. The molecule has 0 amide bonds. The van der Waals surface area contributed by atoms with Gasteiger partial charge in [0.05, 0.1) is 0 Å². The normalized spacial score (nSPS) is 20.8. The molecule has 2 heteroatoms. The van der Waals surface area contributed by atoms with Crippen molar-refractivity contribution in [3.8, 4) is 0 Å². The third-order valence-electron chi connectivity index (χ3n) is 4.14. The van der Waals surface area contributed by atoms with Gasteiger partial charge in [0.25, 0.3) is 0 Å². The molecule has 0 saturated heterocycles. The molecular weight excluding hydrogens is 196 g/mol. The zero-order chi connectivity index (χ0) is 12.0. The molecule has 1 rings (SSSR count). The van der Waals surface area contributed by atoms with E-state index in [1.165, 1.54) is 51.6 Å². The molecule has 0 radical (unpaired) electrons. The number of nitrogens with two attached hydrogens (primary N) is 1. The lowest BCUT2D eigenvalue weighted by Gasteiger charge is -2.44. The van der Waals surface area contributed by atoms with Crippen LogP contribution in [0.15, 0.2) is 0 Å². The molecule has 0 spiro atoms. The van der Waals surface area contributed by atoms with E-state index in [9.17, 15) is 0 Å². The Balaban J connectivity index is 2.56. The average Bonchev–Trinajstić information content (AvgIpc) is 2.23. The first-order valence-corrected chi connectivity index (χ1v) is 7.11. The van der Waals surface area contributed by atoms with Gasteiger partial charge >= 0.3 is 0 Å². The van der Waals surface area contributed by atoms with Crippen LogP contribution in [-0.2, 0) is 0 Å². The topological polar surface area (TPSA) is 29.3 Å². The summed E-state index contributed by atoms with van der Waals surface area (Å²) in [5, 5.41) is 0. The predicted molar refractivity (Wildman–Crippen MR) is 71.6 cm³/mol. The Bertz CT molecular complexity index is 183. The van der Waals surface area contributed by atoms with Crippen LogP contribution < -0.4 is 5.73 Å². The van der Waals surface area contributed by atoms with E-state index in [1.807, 2.05) is 0 Å². The lowest BCUT2D eigenvalue weighted by atomic mass is 9.76. The highest BCUT2D eigenvalue weighted by molar-refractivity contribution is 4.91. The summed E-state index contributed by atoms with van der Waals surface area (Å²) in [7, 11) is 0. The van der Waals surface area contributed by atoms with Crippen LogP contribution in [0.3, 0.4) is 0 Å². The first kappa shape index (κ1) is 14.0. The maximum atomic E-state index is 6.05. The van der Waals surface area contributed by atoms with Gasteiger partial charge in [0, 0.05) is 12.1 Å². The van der Waals surface area contributed by atoms with Crippen molar-refractivity contribution < 1.29 is 0 Å².